The Morgan fingerprint density at radius 2 is 2.15 bits per heavy atom. The Morgan fingerprint density at radius 1 is 1.38 bits per heavy atom. The third-order valence-corrected chi connectivity index (χ3v) is 5.81. The highest BCUT2D eigenvalue weighted by molar-refractivity contribution is 7.14. The third-order valence-electron chi connectivity index (χ3n) is 4.59. The van der Waals surface area contributed by atoms with Crippen molar-refractivity contribution in [2.24, 2.45) is 5.92 Å². The number of anilines is 1. The molecule has 1 amide bonds. The SMILES string of the molecule is CC(C)n1nccc1NC(=O)[C@H](C)OC(=O)c1cc2c(s1)CC[C@@H](C)C2. The Hall–Kier alpha value is -2.15. The molecule has 0 saturated carbocycles. The van der Waals surface area contributed by atoms with E-state index < -0.39 is 12.1 Å². The second-order valence-electron chi connectivity index (χ2n) is 7.20. The van der Waals surface area contributed by atoms with E-state index in [0.717, 1.165) is 19.3 Å². The molecule has 0 radical (unpaired) electrons. The lowest BCUT2D eigenvalue weighted by atomic mass is 9.90. The first-order valence-electron chi connectivity index (χ1n) is 9.02. The number of ether oxygens (including phenoxy) is 1. The van der Waals surface area contributed by atoms with Crippen LogP contribution in [0.1, 0.15) is 60.3 Å². The van der Waals surface area contributed by atoms with Gasteiger partial charge in [0.05, 0.1) is 6.20 Å². The summed E-state index contributed by atoms with van der Waals surface area (Å²) in [5.41, 5.74) is 1.25. The third kappa shape index (κ3) is 3.98. The van der Waals surface area contributed by atoms with Crippen LogP contribution in [0.25, 0.3) is 0 Å². The van der Waals surface area contributed by atoms with Gasteiger partial charge in [-0.15, -0.1) is 11.3 Å². The molecule has 6 nitrogen and oxygen atoms in total. The zero-order chi connectivity index (χ0) is 18.8. The molecular formula is C19H25N3O3S. The van der Waals surface area contributed by atoms with Gasteiger partial charge < -0.3 is 10.1 Å². The number of esters is 1. The first-order chi connectivity index (χ1) is 12.3. The van der Waals surface area contributed by atoms with Gasteiger partial charge in [0, 0.05) is 17.0 Å². The summed E-state index contributed by atoms with van der Waals surface area (Å²) in [7, 11) is 0. The molecule has 2 aromatic heterocycles. The summed E-state index contributed by atoms with van der Waals surface area (Å²) >= 11 is 1.49. The number of aromatic nitrogens is 2. The smallest absolute Gasteiger partial charge is 0.349 e. The molecule has 7 heteroatoms. The summed E-state index contributed by atoms with van der Waals surface area (Å²) in [5, 5.41) is 6.95. The molecule has 3 rings (SSSR count). The average molecular weight is 375 g/mol. The molecule has 140 valence electrons. The molecule has 0 unspecified atom stereocenters. The monoisotopic (exact) mass is 375 g/mol. The molecule has 0 spiro atoms. The van der Waals surface area contributed by atoms with Gasteiger partial charge in [0.15, 0.2) is 6.10 Å². The van der Waals surface area contributed by atoms with Crippen LogP contribution >= 0.6 is 11.3 Å². The minimum Gasteiger partial charge on any atom is -0.448 e. The number of carbonyl (C=O) groups is 2. The summed E-state index contributed by atoms with van der Waals surface area (Å²) in [5.74, 6) is 0.442. The predicted molar refractivity (Wildman–Crippen MR) is 102 cm³/mol. The van der Waals surface area contributed by atoms with Gasteiger partial charge in [-0.3, -0.25) is 4.79 Å². The number of hydrogen-bond acceptors (Lipinski definition) is 5. The van der Waals surface area contributed by atoms with E-state index in [-0.39, 0.29) is 11.9 Å². The van der Waals surface area contributed by atoms with Crippen LogP contribution in [0.4, 0.5) is 5.82 Å². The van der Waals surface area contributed by atoms with Gasteiger partial charge in [0.2, 0.25) is 0 Å². The normalized spacial score (nSPS) is 17.7. The van der Waals surface area contributed by atoms with Gasteiger partial charge in [0.25, 0.3) is 5.91 Å². The lowest BCUT2D eigenvalue weighted by Gasteiger charge is -2.16. The van der Waals surface area contributed by atoms with Crippen molar-refractivity contribution in [1.29, 1.82) is 0 Å². The van der Waals surface area contributed by atoms with Crippen molar-refractivity contribution in [3.8, 4) is 0 Å². The van der Waals surface area contributed by atoms with Crippen LogP contribution in [0, 0.1) is 5.92 Å². The lowest BCUT2D eigenvalue weighted by Crippen LogP contribution is -2.30. The molecule has 0 saturated heterocycles. The number of amides is 1. The van der Waals surface area contributed by atoms with E-state index in [2.05, 4.69) is 17.3 Å². The first-order valence-corrected chi connectivity index (χ1v) is 9.83. The number of thiophene rings is 1. The Balaban J connectivity index is 1.62. The fourth-order valence-corrected chi connectivity index (χ4v) is 4.22. The summed E-state index contributed by atoms with van der Waals surface area (Å²) in [4.78, 5) is 26.6. The fourth-order valence-electron chi connectivity index (χ4n) is 3.13. The van der Waals surface area contributed by atoms with E-state index in [1.807, 2.05) is 19.9 Å². The van der Waals surface area contributed by atoms with E-state index >= 15 is 0 Å². The van der Waals surface area contributed by atoms with Crippen molar-refractivity contribution in [1.82, 2.24) is 9.78 Å². The molecule has 1 aliphatic rings. The molecule has 0 fully saturated rings. The van der Waals surface area contributed by atoms with Crippen molar-refractivity contribution in [3.63, 3.8) is 0 Å². The van der Waals surface area contributed by atoms with Crippen molar-refractivity contribution < 1.29 is 14.3 Å². The van der Waals surface area contributed by atoms with E-state index in [1.54, 1.807) is 23.9 Å². The molecule has 2 heterocycles. The van der Waals surface area contributed by atoms with Gasteiger partial charge in [0.1, 0.15) is 10.7 Å². The molecule has 2 aromatic rings. The quantitative estimate of drug-likeness (QED) is 0.806. The van der Waals surface area contributed by atoms with Gasteiger partial charge >= 0.3 is 5.97 Å². The van der Waals surface area contributed by atoms with Crippen LogP contribution < -0.4 is 5.32 Å². The van der Waals surface area contributed by atoms with Crippen molar-refractivity contribution in [2.75, 3.05) is 5.32 Å². The molecule has 26 heavy (non-hydrogen) atoms. The van der Waals surface area contributed by atoms with E-state index in [9.17, 15) is 9.59 Å². The summed E-state index contributed by atoms with van der Waals surface area (Å²) in [6.45, 7) is 7.77. The second kappa shape index (κ2) is 7.61. The van der Waals surface area contributed by atoms with Crippen molar-refractivity contribution in [2.45, 2.75) is 59.1 Å². The highest BCUT2D eigenvalue weighted by Gasteiger charge is 2.24. The topological polar surface area (TPSA) is 73.2 Å². The molecule has 0 aliphatic heterocycles. The minimum absolute atomic E-state index is 0.123. The maximum atomic E-state index is 12.4. The van der Waals surface area contributed by atoms with Gasteiger partial charge in [-0.05, 0) is 57.6 Å². The van der Waals surface area contributed by atoms with Crippen LogP contribution in [-0.4, -0.2) is 27.8 Å². The molecule has 1 N–H and O–H groups in total. The number of hydrogen-bond donors (Lipinski definition) is 1. The average Bonchev–Trinajstić information content (AvgIpc) is 3.20. The van der Waals surface area contributed by atoms with E-state index in [0.29, 0.717) is 16.6 Å². The van der Waals surface area contributed by atoms with Crippen LogP contribution in [-0.2, 0) is 22.4 Å². The zero-order valence-electron chi connectivity index (χ0n) is 15.6. The number of carbonyl (C=O) groups excluding carboxylic acids is 2. The first kappa shape index (κ1) is 18.6. The van der Waals surface area contributed by atoms with Crippen molar-refractivity contribution in [3.05, 3.63) is 33.6 Å². The number of fused-ring (bicyclic) bond motifs is 1. The van der Waals surface area contributed by atoms with Crippen LogP contribution in [0.3, 0.4) is 0 Å². The fraction of sp³-hybridized carbons (Fsp3) is 0.526. The highest BCUT2D eigenvalue weighted by Crippen LogP contribution is 2.32. The molecular weight excluding hydrogens is 350 g/mol. The van der Waals surface area contributed by atoms with Gasteiger partial charge in [-0.2, -0.15) is 5.10 Å². The van der Waals surface area contributed by atoms with Crippen LogP contribution in [0.2, 0.25) is 0 Å². The summed E-state index contributed by atoms with van der Waals surface area (Å²) in [6, 6.07) is 3.77. The lowest BCUT2D eigenvalue weighted by molar-refractivity contribution is -0.123. The molecule has 0 aromatic carbocycles. The second-order valence-corrected chi connectivity index (χ2v) is 8.34. The maximum Gasteiger partial charge on any atom is 0.349 e. The van der Waals surface area contributed by atoms with E-state index in [1.165, 1.54) is 21.8 Å². The molecule has 0 bridgehead atoms. The molecule has 1 aliphatic carbocycles. The highest BCUT2D eigenvalue weighted by atomic mass is 32.1. The zero-order valence-corrected chi connectivity index (χ0v) is 16.4. The standard InChI is InChI=1S/C19H25N3O3S/c1-11(2)22-17(7-8-20-22)21-18(23)13(4)25-19(24)16-10-14-9-12(3)5-6-15(14)26-16/h7-8,10-13H,5-6,9H2,1-4H3,(H,21,23)/t12-,13+/m1/s1. The number of nitrogens with zero attached hydrogens (tertiary/aromatic N) is 2. The predicted octanol–water partition coefficient (Wildman–Crippen LogP) is 3.83. The summed E-state index contributed by atoms with van der Waals surface area (Å²) < 4.78 is 7.09. The van der Waals surface area contributed by atoms with Gasteiger partial charge in [-0.1, -0.05) is 6.92 Å². The van der Waals surface area contributed by atoms with Crippen LogP contribution in [0.5, 0.6) is 0 Å². The van der Waals surface area contributed by atoms with Crippen LogP contribution in [0.15, 0.2) is 18.3 Å². The van der Waals surface area contributed by atoms with E-state index in [4.69, 9.17) is 4.74 Å². The Labute approximate surface area is 157 Å². The summed E-state index contributed by atoms with van der Waals surface area (Å²) in [6.07, 6.45) is 3.93. The largest absolute Gasteiger partial charge is 0.448 e. The number of rotatable bonds is 5. The minimum atomic E-state index is -0.879. The van der Waals surface area contributed by atoms with Gasteiger partial charge in [-0.25, -0.2) is 9.48 Å². The Bertz CT molecular complexity index is 809. The number of aryl methyl sites for hydroxylation is 1. The van der Waals surface area contributed by atoms with Crippen molar-refractivity contribution >= 4 is 29.0 Å². The number of nitrogens with one attached hydrogen (secondary N) is 1. The Morgan fingerprint density at radius 3 is 2.88 bits per heavy atom. The molecule has 2 atom stereocenters. The Kier molecular flexibility index (Phi) is 5.46. The maximum absolute atomic E-state index is 12.4.